The van der Waals surface area contributed by atoms with E-state index in [9.17, 15) is 4.79 Å². The molecule has 76 valence electrons. The summed E-state index contributed by atoms with van der Waals surface area (Å²) in [6.07, 6.45) is 1.64. The molecule has 0 aliphatic carbocycles. The number of rotatable bonds is 1. The molecule has 0 unspecified atom stereocenters. The van der Waals surface area contributed by atoms with E-state index in [0.29, 0.717) is 4.91 Å². The van der Waals surface area contributed by atoms with Gasteiger partial charge in [0, 0.05) is 11.8 Å². The summed E-state index contributed by atoms with van der Waals surface area (Å²) >= 11 is 0.983. The number of phenols is 1. The number of carbonyl (C=O) groups excluding carboxylic acids is 1. The lowest BCUT2D eigenvalue weighted by Gasteiger charge is -1.93. The Morgan fingerprint density at radius 1 is 1.20 bits per heavy atom. The average molecular weight is 222 g/mol. The number of aliphatic hydroxyl groups excluding tert-OH is 1. The number of phenolic OH excluding ortho intramolecular Hbond substituents is 1. The summed E-state index contributed by atoms with van der Waals surface area (Å²) in [6, 6.07) is 6.44. The van der Waals surface area contributed by atoms with Crippen molar-refractivity contribution in [3.63, 3.8) is 0 Å². The highest BCUT2D eigenvalue weighted by Crippen LogP contribution is 2.21. The van der Waals surface area contributed by atoms with Crippen LogP contribution in [0.4, 0.5) is 0 Å². The van der Waals surface area contributed by atoms with E-state index in [1.54, 1.807) is 18.2 Å². The molecular weight excluding hydrogens is 214 g/mol. The zero-order chi connectivity index (χ0) is 10.8. The van der Waals surface area contributed by atoms with Gasteiger partial charge in [-0.05, 0) is 23.8 Å². The monoisotopic (exact) mass is 222 g/mol. The van der Waals surface area contributed by atoms with Crippen LogP contribution in [0.25, 0.3) is 6.08 Å². The second kappa shape index (κ2) is 3.78. The molecule has 1 heterocycles. The van der Waals surface area contributed by atoms with Crippen molar-refractivity contribution in [2.75, 3.05) is 0 Å². The van der Waals surface area contributed by atoms with Crippen molar-refractivity contribution >= 4 is 29.0 Å². The van der Waals surface area contributed by atoms with Gasteiger partial charge in [-0.25, -0.2) is 4.79 Å². The first-order valence-corrected chi connectivity index (χ1v) is 5.02. The fraction of sp³-hybridized carbons (Fsp3) is 0. The van der Waals surface area contributed by atoms with Gasteiger partial charge >= 0.3 is 11.1 Å². The Balaban J connectivity index is 2.25. The Kier molecular flexibility index (Phi) is 2.47. The van der Waals surface area contributed by atoms with Crippen LogP contribution in [-0.4, -0.2) is 21.4 Å². The lowest BCUT2D eigenvalue weighted by Crippen LogP contribution is -2.73. The van der Waals surface area contributed by atoms with Crippen molar-refractivity contribution in [3.8, 4) is 5.75 Å². The molecule has 1 amide bonds. The molecule has 3 N–H and O–H groups in total. The maximum absolute atomic E-state index is 11.2. The number of aromatic hydroxyl groups is 1. The standard InChI is InChI=1S/C10H7NO3S/c12-7-3-1-6(2-4-7)5-8-9(13)11-10(14)15-8/h1-5,12H,(H,11,13,14)/p+1/b8-5-. The normalized spacial score (nSPS) is 18.3. The maximum atomic E-state index is 11.2. The predicted octanol–water partition coefficient (Wildman–Crippen LogP) is 0.00110. The van der Waals surface area contributed by atoms with E-state index >= 15 is 0 Å². The second-order valence-electron chi connectivity index (χ2n) is 2.96. The van der Waals surface area contributed by atoms with E-state index in [2.05, 4.69) is 4.99 Å². The summed E-state index contributed by atoms with van der Waals surface area (Å²) in [7, 11) is 0. The number of amides is 1. The first-order chi connectivity index (χ1) is 7.15. The van der Waals surface area contributed by atoms with Gasteiger partial charge in [0.15, 0.2) is 0 Å². The summed E-state index contributed by atoms with van der Waals surface area (Å²) in [5, 5.41) is 18.0. The van der Waals surface area contributed by atoms with Gasteiger partial charge in [-0.15, -0.1) is 4.99 Å². The van der Waals surface area contributed by atoms with Gasteiger partial charge in [0.25, 0.3) is 0 Å². The topological polar surface area (TPSA) is 71.5 Å². The molecule has 0 saturated carbocycles. The van der Waals surface area contributed by atoms with E-state index in [4.69, 9.17) is 10.2 Å². The van der Waals surface area contributed by atoms with E-state index in [0.717, 1.165) is 17.3 Å². The summed E-state index contributed by atoms with van der Waals surface area (Å²) in [4.78, 5) is 13.9. The molecule has 1 aromatic rings. The van der Waals surface area contributed by atoms with Crippen LogP contribution in [0.2, 0.25) is 0 Å². The first kappa shape index (κ1) is 9.79. The van der Waals surface area contributed by atoms with Crippen molar-refractivity contribution in [2.45, 2.75) is 0 Å². The molecule has 15 heavy (non-hydrogen) atoms. The molecule has 1 aliphatic heterocycles. The molecule has 2 rings (SSSR count). The van der Waals surface area contributed by atoms with Gasteiger partial charge in [-0.3, -0.25) is 0 Å². The quantitative estimate of drug-likeness (QED) is 0.585. The number of nitrogens with one attached hydrogen (secondary N) is 1. The largest absolute Gasteiger partial charge is 0.508 e. The van der Waals surface area contributed by atoms with E-state index in [-0.39, 0.29) is 16.9 Å². The summed E-state index contributed by atoms with van der Waals surface area (Å²) in [5.74, 6) is -0.138. The molecule has 0 radical (unpaired) electrons. The van der Waals surface area contributed by atoms with E-state index in [1.165, 1.54) is 12.1 Å². The van der Waals surface area contributed by atoms with Crippen molar-refractivity contribution < 1.29 is 20.0 Å². The fourth-order valence-corrected chi connectivity index (χ4v) is 1.84. The Bertz CT molecular complexity index is 462. The first-order valence-electron chi connectivity index (χ1n) is 4.21. The summed E-state index contributed by atoms with van der Waals surface area (Å²) in [6.45, 7) is 0. The number of carbonyl (C=O) groups is 1. The molecule has 0 saturated heterocycles. The zero-order valence-electron chi connectivity index (χ0n) is 7.60. The van der Waals surface area contributed by atoms with Crippen molar-refractivity contribution in [3.05, 3.63) is 34.7 Å². The number of aliphatic hydroxyl groups is 1. The lowest BCUT2D eigenvalue weighted by atomic mass is 10.2. The Labute approximate surface area is 90.0 Å². The van der Waals surface area contributed by atoms with Crippen LogP contribution in [0.5, 0.6) is 5.75 Å². The molecule has 0 aromatic heterocycles. The third-order valence-corrected chi connectivity index (χ3v) is 2.66. The van der Waals surface area contributed by atoms with Crippen molar-refractivity contribution in [2.24, 2.45) is 0 Å². The minimum Gasteiger partial charge on any atom is -0.508 e. The third kappa shape index (κ3) is 2.19. The lowest BCUT2D eigenvalue weighted by molar-refractivity contribution is -0.374. The molecule has 0 bridgehead atoms. The molecular formula is C10H8NO3S+. The Morgan fingerprint density at radius 2 is 1.87 bits per heavy atom. The number of benzene rings is 1. The molecule has 1 aliphatic rings. The summed E-state index contributed by atoms with van der Waals surface area (Å²) < 4.78 is 0. The minimum absolute atomic E-state index is 0.106. The van der Waals surface area contributed by atoms with Gasteiger partial charge in [0.1, 0.15) is 10.7 Å². The fourth-order valence-electron chi connectivity index (χ4n) is 1.15. The molecule has 4 nitrogen and oxygen atoms in total. The molecule has 1 aromatic carbocycles. The van der Waals surface area contributed by atoms with Crippen molar-refractivity contribution in [1.29, 1.82) is 0 Å². The van der Waals surface area contributed by atoms with Crippen LogP contribution in [0.15, 0.2) is 29.2 Å². The van der Waals surface area contributed by atoms with Gasteiger partial charge in [0.2, 0.25) is 0 Å². The van der Waals surface area contributed by atoms with Crippen LogP contribution in [0.1, 0.15) is 5.56 Å². The highest BCUT2D eigenvalue weighted by atomic mass is 32.2. The SMILES string of the molecule is O=C1[NH+]=C(O)S/C1=C\c1ccc(O)cc1. The number of hydrogen-bond acceptors (Lipinski definition) is 3. The third-order valence-electron chi connectivity index (χ3n) is 1.84. The maximum Gasteiger partial charge on any atom is 0.428 e. The molecule has 5 heteroatoms. The van der Waals surface area contributed by atoms with Crippen LogP contribution in [0, 0.1) is 0 Å². The van der Waals surface area contributed by atoms with Crippen LogP contribution >= 0.6 is 11.8 Å². The number of thioether (sulfide) groups is 1. The van der Waals surface area contributed by atoms with Crippen LogP contribution < -0.4 is 4.99 Å². The Hall–Kier alpha value is -1.75. The highest BCUT2D eigenvalue weighted by molar-refractivity contribution is 8.17. The van der Waals surface area contributed by atoms with E-state index < -0.39 is 0 Å². The second-order valence-corrected chi connectivity index (χ2v) is 3.99. The van der Waals surface area contributed by atoms with E-state index in [1.807, 2.05) is 0 Å². The zero-order valence-corrected chi connectivity index (χ0v) is 8.41. The molecule has 0 fully saturated rings. The van der Waals surface area contributed by atoms with Crippen LogP contribution in [0.3, 0.4) is 0 Å². The average Bonchev–Trinajstić information content (AvgIpc) is 2.49. The predicted molar refractivity (Wildman–Crippen MR) is 57.3 cm³/mol. The molecule has 0 spiro atoms. The van der Waals surface area contributed by atoms with Crippen LogP contribution in [-0.2, 0) is 4.79 Å². The highest BCUT2D eigenvalue weighted by Gasteiger charge is 2.29. The summed E-state index contributed by atoms with van der Waals surface area (Å²) in [5.41, 5.74) is 0.792. The van der Waals surface area contributed by atoms with Gasteiger partial charge in [0.05, 0.1) is 0 Å². The van der Waals surface area contributed by atoms with Gasteiger partial charge < -0.3 is 10.2 Å². The molecule has 0 atom stereocenters. The number of hydrogen-bond donors (Lipinski definition) is 3. The van der Waals surface area contributed by atoms with Gasteiger partial charge in [-0.2, -0.15) is 0 Å². The smallest absolute Gasteiger partial charge is 0.428 e. The Morgan fingerprint density at radius 3 is 2.40 bits per heavy atom. The van der Waals surface area contributed by atoms with Gasteiger partial charge in [-0.1, -0.05) is 12.1 Å². The minimum atomic E-state index is -0.314. The van der Waals surface area contributed by atoms with Crippen molar-refractivity contribution in [1.82, 2.24) is 0 Å².